The Morgan fingerprint density at radius 1 is 1.44 bits per heavy atom. The number of likely N-dealkylation sites (N-methyl/N-ethyl adjacent to an activating group) is 1. The molecule has 0 atom stereocenters. The largest absolute Gasteiger partial charge is 0.383 e. The molecule has 0 spiro atoms. The van der Waals surface area contributed by atoms with Gasteiger partial charge in [-0.25, -0.2) is 0 Å². The molecule has 0 amide bonds. The molecule has 18 heavy (non-hydrogen) atoms. The Morgan fingerprint density at radius 3 is 2.89 bits per heavy atom. The van der Waals surface area contributed by atoms with Gasteiger partial charge in [-0.15, -0.1) is 0 Å². The summed E-state index contributed by atoms with van der Waals surface area (Å²) in [6.45, 7) is 4.50. The molecule has 0 aliphatic rings. The van der Waals surface area contributed by atoms with Crippen LogP contribution in [0.5, 0.6) is 0 Å². The Kier molecular flexibility index (Phi) is 7.50. The molecule has 0 radical (unpaired) electrons. The summed E-state index contributed by atoms with van der Waals surface area (Å²) in [4.78, 5) is 2.16. The second-order valence-electron chi connectivity index (χ2n) is 4.46. The van der Waals surface area contributed by atoms with Crippen LogP contribution in [0.1, 0.15) is 5.69 Å². The molecule has 0 aromatic carbocycles. The molecule has 1 aromatic rings. The lowest BCUT2D eigenvalue weighted by atomic mass is 10.3. The van der Waals surface area contributed by atoms with E-state index in [0.717, 1.165) is 43.7 Å². The van der Waals surface area contributed by atoms with Crippen LogP contribution in [0.3, 0.4) is 0 Å². The molecule has 1 rings (SSSR count). The van der Waals surface area contributed by atoms with E-state index in [1.807, 2.05) is 6.20 Å². The summed E-state index contributed by atoms with van der Waals surface area (Å²) in [6, 6.07) is 0. The summed E-state index contributed by atoms with van der Waals surface area (Å²) in [6.07, 6.45) is 2.85. The number of ether oxygens (including phenoxy) is 1. The molecular formula is C12H23BrN4O. The molecule has 1 heterocycles. The molecular weight excluding hydrogens is 296 g/mol. The first-order valence-corrected chi connectivity index (χ1v) is 6.99. The van der Waals surface area contributed by atoms with Crippen molar-refractivity contribution in [1.29, 1.82) is 0 Å². The molecule has 0 saturated carbocycles. The maximum atomic E-state index is 5.00. The van der Waals surface area contributed by atoms with Crippen molar-refractivity contribution in [2.45, 2.75) is 13.0 Å². The van der Waals surface area contributed by atoms with Gasteiger partial charge in [0.25, 0.3) is 0 Å². The molecule has 5 nitrogen and oxygen atoms in total. The van der Waals surface area contributed by atoms with E-state index in [9.17, 15) is 0 Å². The minimum Gasteiger partial charge on any atom is -0.383 e. The van der Waals surface area contributed by atoms with Crippen LogP contribution in [-0.4, -0.2) is 62.1 Å². The average Bonchev–Trinajstić information content (AvgIpc) is 2.68. The van der Waals surface area contributed by atoms with Crippen LogP contribution in [0, 0.1) is 0 Å². The van der Waals surface area contributed by atoms with E-state index < -0.39 is 0 Å². The fourth-order valence-corrected chi connectivity index (χ4v) is 2.12. The van der Waals surface area contributed by atoms with Crippen molar-refractivity contribution in [1.82, 2.24) is 20.0 Å². The van der Waals surface area contributed by atoms with Crippen LogP contribution in [0.15, 0.2) is 10.7 Å². The maximum Gasteiger partial charge on any atom is 0.0635 e. The highest BCUT2D eigenvalue weighted by Crippen LogP contribution is 2.16. The number of methoxy groups -OCH3 is 1. The molecule has 0 saturated heterocycles. The predicted molar refractivity (Wildman–Crippen MR) is 76.9 cm³/mol. The number of nitrogens with zero attached hydrogens (tertiary/aromatic N) is 3. The Morgan fingerprint density at radius 2 is 2.22 bits per heavy atom. The van der Waals surface area contributed by atoms with Crippen molar-refractivity contribution in [2.24, 2.45) is 0 Å². The van der Waals surface area contributed by atoms with Crippen molar-refractivity contribution >= 4 is 15.9 Å². The Labute approximate surface area is 118 Å². The summed E-state index contributed by atoms with van der Waals surface area (Å²) in [5, 5.41) is 7.74. The molecule has 0 aliphatic carbocycles. The summed E-state index contributed by atoms with van der Waals surface area (Å²) >= 11 is 3.56. The number of halogens is 1. The minimum absolute atomic E-state index is 0.751. The van der Waals surface area contributed by atoms with Gasteiger partial charge in [-0.1, -0.05) is 0 Å². The normalized spacial score (nSPS) is 11.4. The quantitative estimate of drug-likeness (QED) is 0.689. The first-order chi connectivity index (χ1) is 8.65. The lowest BCUT2D eigenvalue weighted by Crippen LogP contribution is -2.24. The molecule has 104 valence electrons. The van der Waals surface area contributed by atoms with E-state index in [0.29, 0.717) is 0 Å². The van der Waals surface area contributed by atoms with Crippen LogP contribution >= 0.6 is 15.9 Å². The average molecular weight is 319 g/mol. The molecule has 0 unspecified atom stereocenters. The van der Waals surface area contributed by atoms with Crippen LogP contribution in [0.2, 0.25) is 0 Å². The van der Waals surface area contributed by atoms with Crippen molar-refractivity contribution in [3.05, 3.63) is 16.4 Å². The predicted octanol–water partition coefficient (Wildman–Crippen LogP) is 0.986. The summed E-state index contributed by atoms with van der Waals surface area (Å²) in [7, 11) is 5.86. The van der Waals surface area contributed by atoms with Gasteiger partial charge in [-0.3, -0.25) is 4.68 Å². The van der Waals surface area contributed by atoms with Gasteiger partial charge in [-0.05, 0) is 30.0 Å². The van der Waals surface area contributed by atoms with E-state index in [4.69, 9.17) is 4.74 Å². The third-order valence-corrected chi connectivity index (χ3v) is 3.34. The van der Waals surface area contributed by atoms with E-state index in [-0.39, 0.29) is 0 Å². The monoisotopic (exact) mass is 318 g/mol. The topological polar surface area (TPSA) is 42.3 Å². The fourth-order valence-electron chi connectivity index (χ4n) is 1.63. The van der Waals surface area contributed by atoms with Crippen LogP contribution in [-0.2, 0) is 17.7 Å². The smallest absolute Gasteiger partial charge is 0.0635 e. The van der Waals surface area contributed by atoms with E-state index >= 15 is 0 Å². The Balaban J connectivity index is 2.40. The molecule has 1 N–H and O–H groups in total. The SMILES string of the molecule is COCCNCCc1c(Br)cnn1CCN(C)C. The number of aromatic nitrogens is 2. The second-order valence-corrected chi connectivity index (χ2v) is 5.31. The van der Waals surface area contributed by atoms with Gasteiger partial charge in [0.1, 0.15) is 0 Å². The van der Waals surface area contributed by atoms with Gasteiger partial charge in [-0.2, -0.15) is 5.10 Å². The van der Waals surface area contributed by atoms with Gasteiger partial charge >= 0.3 is 0 Å². The lowest BCUT2D eigenvalue weighted by Gasteiger charge is -2.12. The van der Waals surface area contributed by atoms with E-state index in [2.05, 4.69) is 50.0 Å². The molecule has 0 aliphatic heterocycles. The van der Waals surface area contributed by atoms with Gasteiger partial charge in [0.05, 0.1) is 29.5 Å². The highest BCUT2D eigenvalue weighted by Gasteiger charge is 2.08. The van der Waals surface area contributed by atoms with Gasteiger partial charge < -0.3 is 15.0 Å². The third kappa shape index (κ3) is 5.48. The number of hydrogen-bond acceptors (Lipinski definition) is 4. The Hall–Kier alpha value is -0.430. The van der Waals surface area contributed by atoms with Crippen LogP contribution in [0.4, 0.5) is 0 Å². The van der Waals surface area contributed by atoms with E-state index in [1.54, 1.807) is 7.11 Å². The summed E-state index contributed by atoms with van der Waals surface area (Å²) in [5.74, 6) is 0. The molecule has 0 bridgehead atoms. The standard InChI is InChI=1S/C12H23BrN4O/c1-16(2)7-8-17-12(11(13)10-15-17)4-5-14-6-9-18-3/h10,14H,4-9H2,1-3H3. The number of rotatable bonds is 9. The minimum atomic E-state index is 0.751. The first-order valence-electron chi connectivity index (χ1n) is 6.19. The second kappa shape index (κ2) is 8.63. The highest BCUT2D eigenvalue weighted by molar-refractivity contribution is 9.10. The van der Waals surface area contributed by atoms with Crippen molar-refractivity contribution in [3.8, 4) is 0 Å². The lowest BCUT2D eigenvalue weighted by molar-refractivity contribution is 0.199. The van der Waals surface area contributed by atoms with Gasteiger partial charge in [0.2, 0.25) is 0 Å². The van der Waals surface area contributed by atoms with Crippen molar-refractivity contribution in [2.75, 3.05) is 47.4 Å². The zero-order chi connectivity index (χ0) is 13.4. The highest BCUT2D eigenvalue weighted by atomic mass is 79.9. The number of nitrogens with one attached hydrogen (secondary N) is 1. The molecule has 0 fully saturated rings. The molecule has 1 aromatic heterocycles. The first kappa shape index (κ1) is 15.6. The van der Waals surface area contributed by atoms with Gasteiger partial charge in [0, 0.05) is 33.2 Å². The number of hydrogen-bond donors (Lipinski definition) is 1. The van der Waals surface area contributed by atoms with Crippen LogP contribution in [0.25, 0.3) is 0 Å². The third-order valence-electron chi connectivity index (χ3n) is 2.68. The summed E-state index contributed by atoms with van der Waals surface area (Å²) < 4.78 is 8.16. The van der Waals surface area contributed by atoms with Crippen molar-refractivity contribution in [3.63, 3.8) is 0 Å². The molecule has 6 heteroatoms. The van der Waals surface area contributed by atoms with Crippen LogP contribution < -0.4 is 5.32 Å². The Bertz CT molecular complexity index is 341. The van der Waals surface area contributed by atoms with Crippen molar-refractivity contribution < 1.29 is 4.74 Å². The fraction of sp³-hybridized carbons (Fsp3) is 0.750. The zero-order valence-corrected chi connectivity index (χ0v) is 13.0. The van der Waals surface area contributed by atoms with E-state index in [1.165, 1.54) is 5.69 Å². The zero-order valence-electron chi connectivity index (χ0n) is 11.4. The van der Waals surface area contributed by atoms with Gasteiger partial charge in [0.15, 0.2) is 0 Å². The summed E-state index contributed by atoms with van der Waals surface area (Å²) in [5.41, 5.74) is 1.25. The maximum absolute atomic E-state index is 5.00.